The maximum Gasteiger partial charge on any atom is 0.322 e. The number of halogens is 1. The van der Waals surface area contributed by atoms with Crippen LogP contribution in [0.25, 0.3) is 0 Å². The zero-order chi connectivity index (χ0) is 18.0. The van der Waals surface area contributed by atoms with E-state index >= 15 is 0 Å². The summed E-state index contributed by atoms with van der Waals surface area (Å²) in [6.07, 6.45) is 0. The number of amides is 1. The van der Waals surface area contributed by atoms with Crippen LogP contribution < -0.4 is 10.1 Å². The van der Waals surface area contributed by atoms with E-state index in [1.807, 2.05) is 0 Å². The third-order valence-electron chi connectivity index (χ3n) is 3.48. The molecule has 0 spiro atoms. The van der Waals surface area contributed by atoms with E-state index in [2.05, 4.69) is 20.3 Å². The van der Waals surface area contributed by atoms with Crippen molar-refractivity contribution in [1.29, 1.82) is 0 Å². The number of aromatic nitrogens is 3. The van der Waals surface area contributed by atoms with Crippen molar-refractivity contribution >= 4 is 22.9 Å². The lowest BCUT2D eigenvalue weighted by molar-refractivity contribution is 0.102. The number of carbonyl (C=O) groups is 1. The molecule has 1 amide bonds. The van der Waals surface area contributed by atoms with Crippen molar-refractivity contribution < 1.29 is 13.9 Å². The highest BCUT2D eigenvalue weighted by Gasteiger charge is 2.17. The average Bonchev–Trinajstić information content (AvgIpc) is 2.99. The van der Waals surface area contributed by atoms with Crippen LogP contribution in [0.15, 0.2) is 29.8 Å². The average molecular weight is 358 g/mol. The van der Waals surface area contributed by atoms with E-state index in [1.54, 1.807) is 38.4 Å². The van der Waals surface area contributed by atoms with Gasteiger partial charge in [0, 0.05) is 0 Å². The molecule has 1 aromatic carbocycles. The molecule has 128 valence electrons. The summed E-state index contributed by atoms with van der Waals surface area (Å²) in [7, 11) is 0. The summed E-state index contributed by atoms with van der Waals surface area (Å²) < 4.78 is 19.1. The van der Waals surface area contributed by atoms with Crippen LogP contribution in [0.3, 0.4) is 0 Å². The molecule has 0 aliphatic carbocycles. The van der Waals surface area contributed by atoms with Crippen molar-refractivity contribution in [2.75, 3.05) is 5.32 Å². The highest BCUT2D eigenvalue weighted by Crippen LogP contribution is 2.26. The highest BCUT2D eigenvalue weighted by atomic mass is 32.1. The van der Waals surface area contributed by atoms with Gasteiger partial charge in [-0.05, 0) is 32.9 Å². The van der Waals surface area contributed by atoms with Gasteiger partial charge in [0.05, 0.1) is 28.3 Å². The number of hydrogen-bond donors (Lipinski definition) is 1. The van der Waals surface area contributed by atoms with E-state index in [1.165, 1.54) is 23.5 Å². The number of hydrogen-bond acceptors (Lipinski definition) is 6. The summed E-state index contributed by atoms with van der Waals surface area (Å²) in [5, 5.41) is 2.80. The quantitative estimate of drug-likeness (QED) is 0.761. The molecule has 3 rings (SSSR count). The van der Waals surface area contributed by atoms with Crippen molar-refractivity contribution in [1.82, 2.24) is 15.0 Å². The Kier molecular flexibility index (Phi) is 4.71. The normalized spacial score (nSPS) is 10.6. The van der Waals surface area contributed by atoms with Gasteiger partial charge in [-0.15, -0.1) is 11.3 Å². The van der Waals surface area contributed by atoms with Gasteiger partial charge in [0.1, 0.15) is 4.88 Å². The second-order valence-corrected chi connectivity index (χ2v) is 6.16. The predicted molar refractivity (Wildman–Crippen MR) is 92.8 cm³/mol. The maximum atomic E-state index is 13.7. The fourth-order valence-electron chi connectivity index (χ4n) is 2.23. The first-order valence-corrected chi connectivity index (χ1v) is 8.32. The van der Waals surface area contributed by atoms with E-state index in [9.17, 15) is 9.18 Å². The molecule has 0 saturated heterocycles. The summed E-state index contributed by atoms with van der Waals surface area (Å²) in [6, 6.07) is 6.03. The summed E-state index contributed by atoms with van der Waals surface area (Å²) in [5.41, 5.74) is 3.83. The molecular formula is C17H15FN4O2S. The van der Waals surface area contributed by atoms with Gasteiger partial charge in [0.15, 0.2) is 11.6 Å². The Hall–Kier alpha value is -2.87. The largest absolute Gasteiger partial charge is 0.421 e. The molecular weight excluding hydrogens is 343 g/mol. The lowest BCUT2D eigenvalue weighted by atomic mass is 10.2. The first-order valence-electron chi connectivity index (χ1n) is 7.44. The number of anilines is 1. The van der Waals surface area contributed by atoms with Gasteiger partial charge in [0.25, 0.3) is 5.91 Å². The molecule has 2 heterocycles. The summed E-state index contributed by atoms with van der Waals surface area (Å²) >= 11 is 1.26. The topological polar surface area (TPSA) is 77.0 Å². The number of nitrogens with one attached hydrogen (secondary N) is 1. The molecule has 0 aliphatic heterocycles. The van der Waals surface area contributed by atoms with E-state index in [0.717, 1.165) is 0 Å². The molecule has 0 unspecified atom stereocenters. The molecule has 0 aliphatic rings. The van der Waals surface area contributed by atoms with Crippen LogP contribution in [0.4, 0.5) is 10.1 Å². The number of nitrogens with zero attached hydrogens (tertiary/aromatic N) is 3. The Morgan fingerprint density at radius 1 is 1.12 bits per heavy atom. The first-order chi connectivity index (χ1) is 12.0. The Morgan fingerprint density at radius 3 is 2.40 bits per heavy atom. The maximum absolute atomic E-state index is 13.7. The molecule has 8 heteroatoms. The van der Waals surface area contributed by atoms with Crippen LogP contribution >= 0.6 is 11.3 Å². The molecule has 25 heavy (non-hydrogen) atoms. The number of rotatable bonds is 4. The van der Waals surface area contributed by atoms with E-state index in [0.29, 0.717) is 27.6 Å². The summed E-state index contributed by atoms with van der Waals surface area (Å²) in [4.78, 5) is 25.3. The first kappa shape index (κ1) is 17.0. The molecule has 6 nitrogen and oxygen atoms in total. The van der Waals surface area contributed by atoms with Crippen LogP contribution in [-0.2, 0) is 0 Å². The van der Waals surface area contributed by atoms with Crippen molar-refractivity contribution in [3.05, 3.63) is 57.6 Å². The Morgan fingerprint density at radius 2 is 1.80 bits per heavy atom. The zero-order valence-corrected chi connectivity index (χ0v) is 14.6. The van der Waals surface area contributed by atoms with Gasteiger partial charge in [0.2, 0.25) is 0 Å². The van der Waals surface area contributed by atoms with Crippen molar-refractivity contribution in [2.45, 2.75) is 20.8 Å². The van der Waals surface area contributed by atoms with Gasteiger partial charge in [-0.2, -0.15) is 9.97 Å². The minimum atomic E-state index is -0.501. The zero-order valence-electron chi connectivity index (χ0n) is 13.8. The van der Waals surface area contributed by atoms with Crippen LogP contribution in [0.2, 0.25) is 0 Å². The summed E-state index contributed by atoms with van der Waals surface area (Å²) in [6.45, 7) is 5.21. The number of ether oxygens (including phenoxy) is 1. The standard InChI is InChI=1S/C17H15FN4O2S/c1-9-14(22-16(23)15-11(3)19-8-25-15)10(2)21-17(20-9)24-13-7-5-4-6-12(13)18/h4-8H,1-3H3,(H,22,23). The van der Waals surface area contributed by atoms with Gasteiger partial charge < -0.3 is 10.1 Å². The number of carbonyl (C=O) groups excluding carboxylic acids is 1. The monoisotopic (exact) mass is 358 g/mol. The van der Waals surface area contributed by atoms with E-state index in [-0.39, 0.29) is 17.7 Å². The SMILES string of the molecule is Cc1ncsc1C(=O)Nc1c(C)nc(Oc2ccccc2F)nc1C. The van der Waals surface area contributed by atoms with Crippen LogP contribution in [-0.4, -0.2) is 20.9 Å². The van der Waals surface area contributed by atoms with Gasteiger partial charge in [-0.1, -0.05) is 12.1 Å². The second-order valence-electron chi connectivity index (χ2n) is 5.31. The van der Waals surface area contributed by atoms with E-state index in [4.69, 9.17) is 4.74 Å². The number of benzene rings is 1. The Labute approximate surface area is 147 Å². The highest BCUT2D eigenvalue weighted by molar-refractivity contribution is 7.12. The van der Waals surface area contributed by atoms with Gasteiger partial charge in [-0.3, -0.25) is 4.79 Å². The Bertz CT molecular complexity index is 919. The van der Waals surface area contributed by atoms with Crippen LogP contribution in [0.5, 0.6) is 11.8 Å². The molecule has 0 saturated carbocycles. The third kappa shape index (κ3) is 3.63. The van der Waals surface area contributed by atoms with E-state index < -0.39 is 5.82 Å². The number of thiazole rings is 1. The summed E-state index contributed by atoms with van der Waals surface area (Å²) in [5.74, 6) is -0.726. The molecule has 3 aromatic rings. The second kappa shape index (κ2) is 6.94. The predicted octanol–water partition coefficient (Wildman–Crippen LogP) is 4.04. The minimum absolute atomic E-state index is 0.0204. The molecule has 0 radical (unpaired) electrons. The van der Waals surface area contributed by atoms with Gasteiger partial charge in [-0.25, -0.2) is 9.37 Å². The van der Waals surface area contributed by atoms with Crippen molar-refractivity contribution in [3.8, 4) is 11.8 Å². The number of para-hydroxylation sites is 1. The molecule has 0 bridgehead atoms. The van der Waals surface area contributed by atoms with Crippen molar-refractivity contribution in [2.24, 2.45) is 0 Å². The van der Waals surface area contributed by atoms with Crippen LogP contribution in [0, 0.1) is 26.6 Å². The third-order valence-corrected chi connectivity index (χ3v) is 4.41. The fraction of sp³-hybridized carbons (Fsp3) is 0.176. The minimum Gasteiger partial charge on any atom is -0.421 e. The lowest BCUT2D eigenvalue weighted by Gasteiger charge is -2.12. The molecule has 1 N–H and O–H groups in total. The molecule has 0 atom stereocenters. The Balaban J connectivity index is 1.84. The van der Waals surface area contributed by atoms with Crippen LogP contribution in [0.1, 0.15) is 26.8 Å². The smallest absolute Gasteiger partial charge is 0.322 e. The molecule has 2 aromatic heterocycles. The number of aryl methyl sites for hydroxylation is 3. The fourth-order valence-corrected chi connectivity index (χ4v) is 2.93. The molecule has 0 fully saturated rings. The lowest BCUT2D eigenvalue weighted by Crippen LogP contribution is -2.15. The van der Waals surface area contributed by atoms with Crippen molar-refractivity contribution in [3.63, 3.8) is 0 Å². The van der Waals surface area contributed by atoms with Gasteiger partial charge >= 0.3 is 6.01 Å².